The number of hydrogen-bond acceptors (Lipinski definition) is 4. The van der Waals surface area contributed by atoms with E-state index in [-0.39, 0.29) is 35.7 Å². The Morgan fingerprint density at radius 1 is 1.20 bits per heavy atom. The van der Waals surface area contributed by atoms with Crippen molar-refractivity contribution in [2.45, 2.75) is 31.2 Å². The number of thiophene rings is 1. The minimum absolute atomic E-state index is 0.0338. The van der Waals surface area contributed by atoms with Gasteiger partial charge in [0.2, 0.25) is 15.9 Å². The number of nitrogens with one attached hydrogen (secondary N) is 2. The molecule has 5 nitrogen and oxygen atoms in total. The molecule has 0 aliphatic rings. The Hall–Kier alpha value is -1.41. The fraction of sp³-hybridized carbons (Fsp3) is 0.353. The molecule has 1 aromatic heterocycles. The Bertz CT molecular complexity index is 788. The molecule has 1 amide bonds. The van der Waals surface area contributed by atoms with Crippen molar-refractivity contribution in [1.29, 1.82) is 0 Å². The highest BCUT2D eigenvalue weighted by Gasteiger charge is 2.20. The van der Waals surface area contributed by atoms with Crippen LogP contribution in [-0.4, -0.2) is 20.9 Å². The van der Waals surface area contributed by atoms with Crippen LogP contribution < -0.4 is 10.0 Å². The van der Waals surface area contributed by atoms with Gasteiger partial charge in [0, 0.05) is 22.9 Å². The molecular weight excluding hydrogens is 380 g/mol. The first kappa shape index (κ1) is 19.9. The summed E-state index contributed by atoms with van der Waals surface area (Å²) in [5.41, 5.74) is 0. The lowest BCUT2D eigenvalue weighted by molar-refractivity contribution is -0.122. The lowest BCUT2D eigenvalue weighted by Crippen LogP contribution is -2.34. The second-order valence-electron chi connectivity index (χ2n) is 5.91. The van der Waals surface area contributed by atoms with Crippen LogP contribution in [0.1, 0.15) is 31.2 Å². The second-order valence-corrected chi connectivity index (χ2v) is 9.09. The van der Waals surface area contributed by atoms with Crippen molar-refractivity contribution >= 4 is 38.9 Å². The number of carbonyl (C=O) groups is 1. The number of hydrogen-bond donors (Lipinski definition) is 2. The number of amides is 1. The highest BCUT2D eigenvalue weighted by molar-refractivity contribution is 7.89. The van der Waals surface area contributed by atoms with Crippen LogP contribution >= 0.6 is 22.9 Å². The first-order valence-corrected chi connectivity index (χ1v) is 10.6. The molecule has 136 valence electrons. The molecular formula is C17H21ClN2O3S2. The van der Waals surface area contributed by atoms with Gasteiger partial charge in [0.1, 0.15) is 0 Å². The van der Waals surface area contributed by atoms with Crippen LogP contribution in [0.5, 0.6) is 0 Å². The molecule has 0 saturated carbocycles. The summed E-state index contributed by atoms with van der Waals surface area (Å²) in [4.78, 5) is 13.4. The van der Waals surface area contributed by atoms with Gasteiger partial charge in [0.25, 0.3) is 0 Å². The van der Waals surface area contributed by atoms with Crippen molar-refractivity contribution in [3.8, 4) is 0 Å². The van der Waals surface area contributed by atoms with Crippen LogP contribution in [0, 0.1) is 5.92 Å². The van der Waals surface area contributed by atoms with E-state index < -0.39 is 10.0 Å². The topological polar surface area (TPSA) is 75.3 Å². The Balaban J connectivity index is 1.88. The fourth-order valence-corrected chi connectivity index (χ4v) is 4.38. The van der Waals surface area contributed by atoms with Crippen molar-refractivity contribution in [1.82, 2.24) is 10.0 Å². The molecule has 1 atom stereocenters. The van der Waals surface area contributed by atoms with E-state index in [2.05, 4.69) is 10.0 Å². The van der Waals surface area contributed by atoms with Crippen LogP contribution in [0.25, 0.3) is 0 Å². The van der Waals surface area contributed by atoms with Crippen molar-refractivity contribution < 1.29 is 13.2 Å². The fourth-order valence-electron chi connectivity index (χ4n) is 2.28. The van der Waals surface area contributed by atoms with Gasteiger partial charge < -0.3 is 5.32 Å². The van der Waals surface area contributed by atoms with E-state index in [4.69, 9.17) is 11.6 Å². The van der Waals surface area contributed by atoms with E-state index in [1.54, 1.807) is 11.3 Å². The molecule has 0 fully saturated rings. The molecule has 0 saturated heterocycles. The van der Waals surface area contributed by atoms with Gasteiger partial charge in [-0.1, -0.05) is 31.5 Å². The van der Waals surface area contributed by atoms with Gasteiger partial charge in [-0.2, -0.15) is 0 Å². The Morgan fingerprint density at radius 2 is 1.88 bits per heavy atom. The van der Waals surface area contributed by atoms with Crippen molar-refractivity contribution in [3.63, 3.8) is 0 Å². The van der Waals surface area contributed by atoms with Crippen LogP contribution in [0.4, 0.5) is 0 Å². The number of benzene rings is 1. The molecule has 0 radical (unpaired) electrons. The van der Waals surface area contributed by atoms with Gasteiger partial charge in [-0.05, 0) is 41.6 Å². The summed E-state index contributed by atoms with van der Waals surface area (Å²) in [6.45, 7) is 4.11. The maximum atomic E-state index is 12.2. The van der Waals surface area contributed by atoms with Gasteiger partial charge in [0.05, 0.1) is 10.9 Å². The molecule has 2 N–H and O–H groups in total. The standard InChI is InChI=1S/C17H21ClN2O3S2/c1-12(2)17(15-4-3-11-24-15)20-16(21)9-10-19-25(22,23)14-7-5-13(18)6-8-14/h3-8,11-12,17,19H,9-10H2,1-2H3,(H,20,21)/t17-/m1/s1. The first-order valence-electron chi connectivity index (χ1n) is 7.87. The average Bonchev–Trinajstić information content (AvgIpc) is 3.06. The van der Waals surface area contributed by atoms with Crippen LogP contribution in [-0.2, 0) is 14.8 Å². The third kappa shape index (κ3) is 5.81. The zero-order valence-corrected chi connectivity index (χ0v) is 16.4. The van der Waals surface area contributed by atoms with E-state index in [1.807, 2.05) is 31.4 Å². The van der Waals surface area contributed by atoms with Gasteiger partial charge in [-0.3, -0.25) is 4.79 Å². The van der Waals surface area contributed by atoms with E-state index in [9.17, 15) is 13.2 Å². The maximum Gasteiger partial charge on any atom is 0.240 e. The second kappa shape index (κ2) is 8.80. The largest absolute Gasteiger partial charge is 0.348 e. The molecule has 8 heteroatoms. The first-order chi connectivity index (χ1) is 11.8. The van der Waals surface area contributed by atoms with Gasteiger partial charge in [-0.15, -0.1) is 11.3 Å². The molecule has 1 heterocycles. The molecule has 1 aromatic carbocycles. The SMILES string of the molecule is CC(C)[C@@H](NC(=O)CCNS(=O)(=O)c1ccc(Cl)cc1)c1cccs1. The summed E-state index contributed by atoms with van der Waals surface area (Å²) in [6.07, 6.45) is 0.0708. The minimum atomic E-state index is -3.65. The van der Waals surface area contributed by atoms with E-state index in [0.29, 0.717) is 5.02 Å². The number of halogens is 1. The summed E-state index contributed by atoms with van der Waals surface area (Å²) < 4.78 is 26.7. The molecule has 25 heavy (non-hydrogen) atoms. The number of sulfonamides is 1. The molecule has 2 rings (SSSR count). The lowest BCUT2D eigenvalue weighted by atomic mass is 10.0. The predicted molar refractivity (Wildman–Crippen MR) is 101 cm³/mol. The molecule has 0 aliphatic carbocycles. The van der Waals surface area contributed by atoms with Crippen molar-refractivity contribution in [3.05, 3.63) is 51.7 Å². The smallest absolute Gasteiger partial charge is 0.240 e. The number of rotatable bonds is 8. The van der Waals surface area contributed by atoms with E-state index in [1.165, 1.54) is 24.3 Å². The summed E-state index contributed by atoms with van der Waals surface area (Å²) >= 11 is 7.35. The van der Waals surface area contributed by atoms with Crippen LogP contribution in [0.15, 0.2) is 46.7 Å². The average molecular weight is 401 g/mol. The van der Waals surface area contributed by atoms with Crippen LogP contribution in [0.2, 0.25) is 5.02 Å². The normalized spacial score (nSPS) is 13.0. The zero-order valence-electron chi connectivity index (χ0n) is 14.0. The quantitative estimate of drug-likeness (QED) is 0.711. The van der Waals surface area contributed by atoms with Crippen molar-refractivity contribution in [2.75, 3.05) is 6.54 Å². The molecule has 0 aliphatic heterocycles. The van der Waals surface area contributed by atoms with Gasteiger partial charge >= 0.3 is 0 Å². The van der Waals surface area contributed by atoms with Crippen molar-refractivity contribution in [2.24, 2.45) is 5.92 Å². The van der Waals surface area contributed by atoms with Gasteiger partial charge in [-0.25, -0.2) is 13.1 Å². The Kier molecular flexibility index (Phi) is 7.01. The minimum Gasteiger partial charge on any atom is -0.348 e. The Labute approximate surface area is 157 Å². The van der Waals surface area contributed by atoms with Gasteiger partial charge in [0.15, 0.2) is 0 Å². The molecule has 0 spiro atoms. The third-order valence-electron chi connectivity index (χ3n) is 3.60. The lowest BCUT2D eigenvalue weighted by Gasteiger charge is -2.21. The summed E-state index contributed by atoms with van der Waals surface area (Å²) in [5.74, 6) is 0.0549. The summed E-state index contributed by atoms with van der Waals surface area (Å²) in [7, 11) is -3.65. The monoisotopic (exact) mass is 400 g/mol. The van der Waals surface area contributed by atoms with E-state index >= 15 is 0 Å². The maximum absolute atomic E-state index is 12.2. The van der Waals surface area contributed by atoms with Crippen LogP contribution in [0.3, 0.4) is 0 Å². The molecule has 2 aromatic rings. The third-order valence-corrected chi connectivity index (χ3v) is 6.29. The highest BCUT2D eigenvalue weighted by Crippen LogP contribution is 2.25. The zero-order chi connectivity index (χ0) is 18.4. The summed E-state index contributed by atoms with van der Waals surface area (Å²) in [5, 5.41) is 5.41. The Morgan fingerprint density at radius 3 is 2.44 bits per heavy atom. The number of carbonyl (C=O) groups excluding carboxylic acids is 1. The molecule has 0 bridgehead atoms. The van der Waals surface area contributed by atoms with E-state index in [0.717, 1.165) is 4.88 Å². The predicted octanol–water partition coefficient (Wildman–Crippen LogP) is 3.58. The highest BCUT2D eigenvalue weighted by atomic mass is 35.5. The molecule has 0 unspecified atom stereocenters. The summed E-state index contributed by atoms with van der Waals surface area (Å²) in [6, 6.07) is 9.74.